The highest BCUT2D eigenvalue weighted by Gasteiger charge is 2.13. The van der Waals surface area contributed by atoms with E-state index in [0.717, 1.165) is 100 Å². The zero-order valence-electron chi connectivity index (χ0n) is 48.3. The number of allylic oxidation sites excluding steroid dienone is 2. The summed E-state index contributed by atoms with van der Waals surface area (Å²) >= 11 is 0. The molecule has 0 aliphatic rings. The zero-order chi connectivity index (χ0) is 54.9. The predicted molar refractivity (Wildman–Crippen MR) is 324 cm³/mol. The largest absolute Gasteiger partial charge is 0.493 e. The monoisotopic (exact) mass is 1030 g/mol. The van der Waals surface area contributed by atoms with Gasteiger partial charge in [0.05, 0.1) is 45.1 Å². The molecule has 0 atom stereocenters. The van der Waals surface area contributed by atoms with Crippen LogP contribution in [0.15, 0.2) is 47.8 Å². The minimum absolute atomic E-state index is 0.0310. The van der Waals surface area contributed by atoms with Gasteiger partial charge >= 0.3 is 0 Å². The summed E-state index contributed by atoms with van der Waals surface area (Å²) in [7, 11) is 0. The van der Waals surface area contributed by atoms with E-state index in [1.54, 1.807) is 12.2 Å². The van der Waals surface area contributed by atoms with Gasteiger partial charge in [0, 0.05) is 16.7 Å². The van der Waals surface area contributed by atoms with Crippen LogP contribution in [0.3, 0.4) is 0 Å². The van der Waals surface area contributed by atoms with Gasteiger partial charge in [-0.2, -0.15) is 0 Å². The summed E-state index contributed by atoms with van der Waals surface area (Å²) in [4.78, 5) is 6.87. The molecule has 0 amide bonds. The van der Waals surface area contributed by atoms with E-state index in [9.17, 15) is 10.5 Å². The van der Waals surface area contributed by atoms with Gasteiger partial charge in [0.15, 0.2) is 0 Å². The van der Waals surface area contributed by atoms with Crippen molar-refractivity contribution in [2.45, 2.75) is 234 Å². The lowest BCUT2D eigenvalue weighted by Gasteiger charge is -2.15. The topological polar surface area (TPSA) is 84.0 Å². The Bertz CT molecular complexity index is 2400. The number of benzene rings is 3. The van der Waals surface area contributed by atoms with Gasteiger partial charge in [0.25, 0.3) is 11.4 Å². The van der Waals surface area contributed by atoms with Gasteiger partial charge in [-0.15, -0.1) is 0 Å². The maximum Gasteiger partial charge on any atom is 0.262 e. The molecule has 0 unspecified atom stereocenters. The molecule has 0 saturated heterocycles. The average Bonchev–Trinajstić information content (AvgIpc) is 3.42. The van der Waals surface area contributed by atoms with Crippen LogP contribution in [0.5, 0.6) is 17.2 Å². The Labute approximate surface area is 463 Å². The average molecular weight is 1030 g/mol. The summed E-state index contributed by atoms with van der Waals surface area (Å²) in [5.74, 6) is 2.23. The van der Waals surface area contributed by atoms with E-state index in [1.807, 2.05) is 37.3 Å². The second-order valence-electron chi connectivity index (χ2n) is 21.0. The van der Waals surface area contributed by atoms with Crippen LogP contribution in [0, 0.1) is 56.6 Å². The lowest BCUT2D eigenvalue weighted by molar-refractivity contribution is 0.303. The Kier molecular flexibility index (Phi) is 34.8. The Morgan fingerprint density at radius 3 is 0.934 bits per heavy atom. The van der Waals surface area contributed by atoms with Crippen LogP contribution < -0.4 is 14.2 Å². The van der Waals surface area contributed by atoms with Crippen LogP contribution in [0.2, 0.25) is 0 Å². The van der Waals surface area contributed by atoms with E-state index in [4.69, 9.17) is 27.4 Å². The molecule has 0 N–H and O–H groups in total. The van der Waals surface area contributed by atoms with E-state index in [2.05, 4.69) is 86.8 Å². The highest BCUT2D eigenvalue weighted by atomic mass is 16.5. The molecule has 0 heterocycles. The van der Waals surface area contributed by atoms with Gasteiger partial charge in [-0.1, -0.05) is 218 Å². The highest BCUT2D eigenvalue weighted by Crippen LogP contribution is 2.33. The highest BCUT2D eigenvalue weighted by molar-refractivity contribution is 5.81. The van der Waals surface area contributed by atoms with Crippen molar-refractivity contribution in [2.75, 3.05) is 19.8 Å². The summed E-state index contributed by atoms with van der Waals surface area (Å²) in [5, 5.41) is 19.2. The fourth-order valence-electron chi connectivity index (χ4n) is 9.59. The molecule has 7 heteroatoms. The molecule has 3 aromatic carbocycles. The van der Waals surface area contributed by atoms with Crippen molar-refractivity contribution in [3.8, 4) is 29.4 Å². The molecule has 3 rings (SSSR count). The van der Waals surface area contributed by atoms with Gasteiger partial charge in [0.1, 0.15) is 17.2 Å². The lowest BCUT2D eigenvalue weighted by Crippen LogP contribution is -2.01. The number of hydrogen-bond acceptors (Lipinski definition) is 5. The van der Waals surface area contributed by atoms with Crippen LogP contribution in [-0.4, -0.2) is 19.8 Å². The van der Waals surface area contributed by atoms with Crippen molar-refractivity contribution < 1.29 is 14.2 Å². The molecule has 0 aromatic heterocycles. The van der Waals surface area contributed by atoms with E-state index in [-0.39, 0.29) is 11.4 Å². The minimum Gasteiger partial charge on any atom is -0.493 e. The Hall–Kier alpha value is -6.02. The fourth-order valence-corrected chi connectivity index (χ4v) is 9.59. The Morgan fingerprint density at radius 2 is 0.618 bits per heavy atom. The maximum atomic E-state index is 9.65. The van der Waals surface area contributed by atoms with Crippen LogP contribution in [0.4, 0.5) is 0 Å². The van der Waals surface area contributed by atoms with E-state index in [1.165, 1.54) is 154 Å². The molecule has 0 saturated carbocycles. The normalized spacial score (nSPS) is 11.7. The molecule has 410 valence electrons. The molecule has 0 bridgehead atoms. The fraction of sp³-hybridized carbons (Fsp3) is 0.565. The van der Waals surface area contributed by atoms with Gasteiger partial charge in [-0.05, 0) is 122 Å². The molecule has 3 aromatic rings. The molecule has 0 aliphatic carbocycles. The number of ether oxygens (including phenoxy) is 3. The number of rotatable bonds is 42. The van der Waals surface area contributed by atoms with Crippen LogP contribution in [-0.2, 0) is 0 Å². The number of unbranched alkanes of at least 4 members (excludes halogenated alkanes) is 27. The molecular formula is C69H96N4O3. The van der Waals surface area contributed by atoms with E-state index in [0.29, 0.717) is 25.6 Å². The third kappa shape index (κ3) is 26.6. The van der Waals surface area contributed by atoms with Crippen molar-refractivity contribution in [3.63, 3.8) is 0 Å². The first-order valence-corrected chi connectivity index (χ1v) is 29.9. The van der Waals surface area contributed by atoms with Gasteiger partial charge in [-0.25, -0.2) is 20.2 Å². The van der Waals surface area contributed by atoms with Gasteiger partial charge in [0.2, 0.25) is 0 Å². The Balaban J connectivity index is 1.91. The summed E-state index contributed by atoms with van der Waals surface area (Å²) in [5.41, 5.74) is 8.67. The number of nitriles is 2. The smallest absolute Gasteiger partial charge is 0.262 e. The number of nitrogens with zero attached hydrogens (tertiary/aromatic N) is 4. The van der Waals surface area contributed by atoms with Crippen LogP contribution in [0.25, 0.3) is 46.1 Å². The first-order chi connectivity index (χ1) is 37.2. The number of aryl methyl sites for hydroxylation is 3. The third-order valence-electron chi connectivity index (χ3n) is 14.4. The third-order valence-corrected chi connectivity index (χ3v) is 14.4. The second kappa shape index (κ2) is 41.2. The quantitative estimate of drug-likeness (QED) is 0.0244. The lowest BCUT2D eigenvalue weighted by atomic mass is 9.98. The summed E-state index contributed by atoms with van der Waals surface area (Å²) in [6.07, 6.45) is 49.3. The van der Waals surface area contributed by atoms with Gasteiger partial charge in [-0.3, -0.25) is 0 Å². The van der Waals surface area contributed by atoms with Crippen molar-refractivity contribution in [3.05, 3.63) is 121 Å². The van der Waals surface area contributed by atoms with Crippen LogP contribution in [0.1, 0.15) is 263 Å². The second-order valence-corrected chi connectivity index (χ2v) is 21.0. The first-order valence-electron chi connectivity index (χ1n) is 29.9. The van der Waals surface area contributed by atoms with Crippen LogP contribution >= 0.6 is 0 Å². The summed E-state index contributed by atoms with van der Waals surface area (Å²) in [6, 6.07) is 16.5. The summed E-state index contributed by atoms with van der Waals surface area (Å²) in [6.45, 7) is 29.8. The molecule has 7 nitrogen and oxygen atoms in total. The Morgan fingerprint density at radius 1 is 0.368 bits per heavy atom. The van der Waals surface area contributed by atoms with E-state index >= 15 is 0 Å². The molecule has 0 spiro atoms. The zero-order valence-corrected chi connectivity index (χ0v) is 48.3. The first kappa shape index (κ1) is 64.3. The molecule has 0 fully saturated rings. The number of hydrogen-bond donors (Lipinski definition) is 0. The van der Waals surface area contributed by atoms with Crippen molar-refractivity contribution >= 4 is 36.5 Å². The van der Waals surface area contributed by atoms with Crippen molar-refractivity contribution in [1.29, 1.82) is 10.5 Å². The van der Waals surface area contributed by atoms with E-state index < -0.39 is 0 Å². The van der Waals surface area contributed by atoms with Crippen molar-refractivity contribution in [1.82, 2.24) is 0 Å². The predicted octanol–water partition coefficient (Wildman–Crippen LogP) is 21.4. The van der Waals surface area contributed by atoms with Gasteiger partial charge < -0.3 is 14.2 Å². The maximum absolute atomic E-state index is 9.65. The molecular weight excluding hydrogens is 933 g/mol. The molecule has 0 radical (unpaired) electrons. The SMILES string of the molecule is [C-]#[N+]/C(C#N)=C\c1cc(C)c(/C=C/c2cc(C)c(/C=C/c3cc(C)c(/C=C(\C#N)[N+]#[C-])cc3OCCCCCCCCCCCC)cc2OCCCCCCCCCCCC)cc1OCCCCCCCCCCCC. The molecule has 0 aliphatic heterocycles. The standard InChI is InChI=1S/C69H96N4O3/c1-9-12-15-18-21-24-27-30-33-36-43-74-67-51-59(39-42-62-47-58(6)63(49-65(54-70)72-7)53-68(62)75-44-37-34-31-28-25-22-19-16-13-10-2)56(4)46-61(67)41-40-60-52-69(64(48-57(60)5)50-66(55-71)73-8)76-45-38-35-32-29-26-23-20-17-14-11-3/h39-42,46-53H,9-38,43-45H2,1-6H3/b41-40+,42-39+,65-49+,66-50-. The minimum atomic E-state index is 0.0310. The summed E-state index contributed by atoms with van der Waals surface area (Å²) < 4.78 is 19.6. The van der Waals surface area contributed by atoms with Crippen molar-refractivity contribution in [2.24, 2.45) is 0 Å². The molecule has 76 heavy (non-hydrogen) atoms.